The highest BCUT2D eigenvalue weighted by Gasteiger charge is 2.15. The molecule has 24 heavy (non-hydrogen) atoms. The molecule has 0 aliphatic heterocycles. The van der Waals surface area contributed by atoms with Gasteiger partial charge in [0, 0.05) is 11.1 Å². The highest BCUT2D eigenvalue weighted by molar-refractivity contribution is 5.99. The Hall–Kier alpha value is -3.16. The number of carbonyl (C=O) groups excluding carboxylic acids is 2. The monoisotopic (exact) mass is 336 g/mol. The van der Waals surface area contributed by atoms with E-state index in [9.17, 15) is 18.4 Å². The number of halogens is 2. The summed E-state index contributed by atoms with van der Waals surface area (Å²) in [5.74, 6) is -1.36. The third-order valence-electron chi connectivity index (χ3n) is 2.97. The highest BCUT2D eigenvalue weighted by atomic mass is 19.3. The molecule has 0 atom stereocenters. The number of benzene rings is 2. The fourth-order valence-electron chi connectivity index (χ4n) is 1.85. The van der Waals surface area contributed by atoms with Gasteiger partial charge in [-0.1, -0.05) is 18.2 Å². The largest absolute Gasteiger partial charge is 0.493 e. The minimum absolute atomic E-state index is 0.0302. The van der Waals surface area contributed by atoms with Crippen molar-refractivity contribution in [2.24, 2.45) is 0 Å². The lowest BCUT2D eigenvalue weighted by Gasteiger charge is -2.12. The molecule has 2 N–H and O–H groups in total. The van der Waals surface area contributed by atoms with Crippen LogP contribution in [0.1, 0.15) is 20.7 Å². The maximum Gasteiger partial charge on any atom is 0.387 e. The van der Waals surface area contributed by atoms with Gasteiger partial charge in [0.25, 0.3) is 11.8 Å². The summed E-state index contributed by atoms with van der Waals surface area (Å²) in [4.78, 5) is 23.8. The number of amides is 2. The standard InChI is InChI=1S/C16H14F2N2O4/c1-23-13-9-11(7-8-12(13)24-16(17)18)15(22)20-19-14(21)10-5-3-2-4-6-10/h2-9,16H,1H3,(H,19,21)(H,20,22). The average molecular weight is 336 g/mol. The van der Waals surface area contributed by atoms with Crippen LogP contribution in [0.3, 0.4) is 0 Å². The summed E-state index contributed by atoms with van der Waals surface area (Å²) in [6, 6.07) is 12.0. The van der Waals surface area contributed by atoms with Gasteiger partial charge < -0.3 is 9.47 Å². The first kappa shape index (κ1) is 17.2. The van der Waals surface area contributed by atoms with Crippen LogP contribution in [0.5, 0.6) is 11.5 Å². The number of carbonyl (C=O) groups is 2. The quantitative estimate of drug-likeness (QED) is 0.822. The van der Waals surface area contributed by atoms with Gasteiger partial charge in [-0.15, -0.1) is 0 Å². The maximum absolute atomic E-state index is 12.3. The van der Waals surface area contributed by atoms with E-state index in [2.05, 4.69) is 15.6 Å². The molecule has 2 aromatic carbocycles. The van der Waals surface area contributed by atoms with Gasteiger partial charge in [0.1, 0.15) is 0 Å². The molecule has 0 bridgehead atoms. The normalized spacial score (nSPS) is 10.2. The van der Waals surface area contributed by atoms with Gasteiger partial charge in [-0.3, -0.25) is 20.4 Å². The predicted molar refractivity (Wildman–Crippen MR) is 81.0 cm³/mol. The minimum atomic E-state index is -3.01. The van der Waals surface area contributed by atoms with Gasteiger partial charge in [0.05, 0.1) is 7.11 Å². The number of alkyl halides is 2. The molecule has 0 saturated heterocycles. The molecule has 0 unspecified atom stereocenters. The molecular weight excluding hydrogens is 322 g/mol. The molecule has 2 rings (SSSR count). The van der Waals surface area contributed by atoms with Crippen LogP contribution in [0.25, 0.3) is 0 Å². The minimum Gasteiger partial charge on any atom is -0.493 e. The summed E-state index contributed by atoms with van der Waals surface area (Å²) in [5, 5.41) is 0. The Morgan fingerprint density at radius 1 is 0.917 bits per heavy atom. The summed E-state index contributed by atoms with van der Waals surface area (Å²) < 4.78 is 33.7. The Morgan fingerprint density at radius 3 is 2.12 bits per heavy atom. The lowest BCUT2D eigenvalue weighted by Crippen LogP contribution is -2.41. The summed E-state index contributed by atoms with van der Waals surface area (Å²) in [5.41, 5.74) is 4.95. The zero-order valence-electron chi connectivity index (χ0n) is 12.6. The van der Waals surface area contributed by atoms with E-state index < -0.39 is 18.4 Å². The van der Waals surface area contributed by atoms with Gasteiger partial charge in [-0.2, -0.15) is 8.78 Å². The second-order valence-electron chi connectivity index (χ2n) is 4.52. The number of hydrogen-bond donors (Lipinski definition) is 2. The third kappa shape index (κ3) is 4.42. The molecule has 0 saturated carbocycles. The first-order chi connectivity index (χ1) is 11.5. The molecule has 0 heterocycles. The lowest BCUT2D eigenvalue weighted by molar-refractivity contribution is -0.0512. The molecule has 0 spiro atoms. The van der Waals surface area contributed by atoms with E-state index in [1.54, 1.807) is 30.3 Å². The zero-order chi connectivity index (χ0) is 17.5. The SMILES string of the molecule is COc1cc(C(=O)NNC(=O)c2ccccc2)ccc1OC(F)F. The van der Waals surface area contributed by atoms with Crippen molar-refractivity contribution >= 4 is 11.8 Å². The number of hydrogen-bond acceptors (Lipinski definition) is 4. The topological polar surface area (TPSA) is 76.7 Å². The van der Waals surface area contributed by atoms with Crippen molar-refractivity contribution in [2.45, 2.75) is 6.61 Å². The molecular formula is C16H14F2N2O4. The summed E-state index contributed by atoms with van der Waals surface area (Å²) >= 11 is 0. The van der Waals surface area contributed by atoms with Crippen molar-refractivity contribution in [1.82, 2.24) is 10.9 Å². The Morgan fingerprint density at radius 2 is 1.54 bits per heavy atom. The molecule has 6 nitrogen and oxygen atoms in total. The van der Waals surface area contributed by atoms with E-state index >= 15 is 0 Å². The second-order valence-corrected chi connectivity index (χ2v) is 4.52. The fraction of sp³-hybridized carbons (Fsp3) is 0.125. The Balaban J connectivity index is 2.03. The average Bonchev–Trinajstić information content (AvgIpc) is 2.60. The van der Waals surface area contributed by atoms with Crippen LogP contribution in [-0.4, -0.2) is 25.5 Å². The van der Waals surface area contributed by atoms with E-state index in [-0.39, 0.29) is 17.1 Å². The number of methoxy groups -OCH3 is 1. The molecule has 0 radical (unpaired) electrons. The molecule has 126 valence electrons. The molecule has 0 aromatic heterocycles. The van der Waals surface area contributed by atoms with Crippen molar-refractivity contribution in [2.75, 3.05) is 7.11 Å². The predicted octanol–water partition coefficient (Wildman–Crippen LogP) is 2.37. The van der Waals surface area contributed by atoms with Crippen LogP contribution in [0.2, 0.25) is 0 Å². The summed E-state index contributed by atoms with van der Waals surface area (Å²) in [6.07, 6.45) is 0. The third-order valence-corrected chi connectivity index (χ3v) is 2.97. The zero-order valence-corrected chi connectivity index (χ0v) is 12.6. The van der Waals surface area contributed by atoms with E-state index in [4.69, 9.17) is 4.74 Å². The second kappa shape index (κ2) is 7.91. The smallest absolute Gasteiger partial charge is 0.387 e. The van der Waals surface area contributed by atoms with Crippen LogP contribution in [-0.2, 0) is 0 Å². The summed E-state index contributed by atoms with van der Waals surface area (Å²) in [7, 11) is 1.26. The number of rotatable bonds is 5. The summed E-state index contributed by atoms with van der Waals surface area (Å²) in [6.45, 7) is -3.01. The van der Waals surface area contributed by atoms with Crippen molar-refractivity contribution in [3.8, 4) is 11.5 Å². The van der Waals surface area contributed by atoms with Crippen molar-refractivity contribution in [3.05, 3.63) is 59.7 Å². The lowest BCUT2D eigenvalue weighted by atomic mass is 10.2. The van der Waals surface area contributed by atoms with Crippen LogP contribution in [0.15, 0.2) is 48.5 Å². The van der Waals surface area contributed by atoms with Gasteiger partial charge in [0.2, 0.25) is 0 Å². The van der Waals surface area contributed by atoms with Crippen LogP contribution in [0, 0.1) is 0 Å². The molecule has 0 fully saturated rings. The Kier molecular flexibility index (Phi) is 5.67. The van der Waals surface area contributed by atoms with Crippen LogP contribution in [0.4, 0.5) is 8.78 Å². The van der Waals surface area contributed by atoms with Crippen LogP contribution >= 0.6 is 0 Å². The number of hydrazine groups is 1. The highest BCUT2D eigenvalue weighted by Crippen LogP contribution is 2.29. The van der Waals surface area contributed by atoms with Gasteiger partial charge in [0.15, 0.2) is 11.5 Å². The molecule has 0 aliphatic carbocycles. The van der Waals surface area contributed by atoms with Crippen molar-refractivity contribution in [1.29, 1.82) is 0 Å². The van der Waals surface area contributed by atoms with E-state index in [1.165, 1.54) is 25.3 Å². The number of ether oxygens (including phenoxy) is 2. The Bertz CT molecular complexity index is 723. The van der Waals surface area contributed by atoms with E-state index in [1.807, 2.05) is 0 Å². The first-order valence-corrected chi connectivity index (χ1v) is 6.80. The van der Waals surface area contributed by atoms with Crippen molar-refractivity contribution in [3.63, 3.8) is 0 Å². The van der Waals surface area contributed by atoms with Crippen molar-refractivity contribution < 1.29 is 27.8 Å². The van der Waals surface area contributed by atoms with E-state index in [0.717, 1.165) is 0 Å². The molecule has 2 amide bonds. The van der Waals surface area contributed by atoms with Gasteiger partial charge >= 0.3 is 6.61 Å². The van der Waals surface area contributed by atoms with Crippen LogP contribution < -0.4 is 20.3 Å². The van der Waals surface area contributed by atoms with E-state index in [0.29, 0.717) is 5.56 Å². The molecule has 0 aliphatic rings. The fourth-order valence-corrected chi connectivity index (χ4v) is 1.85. The molecule has 2 aromatic rings. The number of nitrogens with one attached hydrogen (secondary N) is 2. The molecule has 8 heteroatoms. The van der Waals surface area contributed by atoms with Gasteiger partial charge in [-0.05, 0) is 30.3 Å². The maximum atomic E-state index is 12.3. The van der Waals surface area contributed by atoms with Gasteiger partial charge in [-0.25, -0.2) is 0 Å². The first-order valence-electron chi connectivity index (χ1n) is 6.80. The Labute approximate surface area is 136 Å².